The van der Waals surface area contributed by atoms with Gasteiger partial charge >= 0.3 is 11.9 Å². The van der Waals surface area contributed by atoms with Gasteiger partial charge in [0.05, 0.1) is 16.0 Å². The molecule has 2 heterocycles. The number of thiol groups is 1. The molecule has 0 radical (unpaired) electrons. The van der Waals surface area contributed by atoms with Crippen LogP contribution in [-0.4, -0.2) is 52.9 Å². The molecule has 0 aromatic carbocycles. The normalized spacial score (nSPS) is 15.9. The van der Waals surface area contributed by atoms with E-state index in [9.17, 15) is 14.4 Å². The lowest BCUT2D eigenvalue weighted by Crippen LogP contribution is -2.52. The second kappa shape index (κ2) is 37.0. The summed E-state index contributed by atoms with van der Waals surface area (Å²) in [6.07, 6.45) is 6.87. The Bertz CT molecular complexity index is 2200. The van der Waals surface area contributed by atoms with Crippen LogP contribution in [0.1, 0.15) is 78.3 Å². The maximum absolute atomic E-state index is 11.5. The maximum atomic E-state index is 11.5. The van der Waals surface area contributed by atoms with Gasteiger partial charge < -0.3 is 14.2 Å². The van der Waals surface area contributed by atoms with Crippen LogP contribution >= 0.6 is 24.2 Å². The van der Waals surface area contributed by atoms with Crippen molar-refractivity contribution >= 4 is 42.0 Å². The highest BCUT2D eigenvalue weighted by molar-refractivity contribution is 7.74. The van der Waals surface area contributed by atoms with Gasteiger partial charge in [-0.15, -0.1) is 22.1 Å². The average molecular weight is 885 g/mol. The van der Waals surface area contributed by atoms with Crippen molar-refractivity contribution in [1.82, 2.24) is 10.6 Å². The topological polar surface area (TPSA) is 207 Å². The second-order valence-corrected chi connectivity index (χ2v) is 11.5. The summed E-state index contributed by atoms with van der Waals surface area (Å²) in [6, 6.07) is 0. The molecule has 0 spiro atoms. The minimum Gasteiger partial charge on any atom is -0.463 e. The van der Waals surface area contributed by atoms with Gasteiger partial charge in [0.25, 0.3) is 0 Å². The van der Waals surface area contributed by atoms with Gasteiger partial charge in [0.2, 0.25) is 0 Å². The van der Waals surface area contributed by atoms with Crippen molar-refractivity contribution < 1.29 is 94.1 Å². The standard InChI is InChI=1S/C21H4.C19H27NO6S.H3NO10S.11H2/c1-3-5-7-9-11-13-15-17-19-21-20-18-16-14-12-10-8-6-4-2;1-10-11(2)19(25-14(5)23)16(9-24-13(4)22)26-15(10)6-7-18-20-8-17(27-18)12(3)21;2-5-8-6-3-1-4-7-9-10-11-12;;;;;;;;;;;/h1H,2H3;8,10-11,15-16,19H,6-7,9H2,1-5H3;1-2,12H;11*1H/t;10-,11+,15+,16+,19-;;;;;;;;;;;;/m.0............/s1. The average Bonchev–Trinajstić information content (AvgIpc) is 3.71. The number of ether oxygens (including phenoxy) is 3. The molecule has 1 fully saturated rings. The monoisotopic (exact) mass is 884 g/mol. The second-order valence-electron chi connectivity index (χ2n) is 10.3. The number of ketones is 1. The van der Waals surface area contributed by atoms with Crippen molar-refractivity contribution in [3.63, 3.8) is 0 Å². The fraction of sp³-hybridized carbons (Fsp3) is 0.350. The van der Waals surface area contributed by atoms with E-state index in [1.165, 1.54) is 37.8 Å². The number of esters is 2. The minimum atomic E-state index is -0.502. The number of Topliss-reactive ketones (excluding diaryl/α,β-unsaturated/α-hetero) is 1. The van der Waals surface area contributed by atoms with Crippen molar-refractivity contribution in [3.8, 4) is 119 Å². The number of hydrogen-bond donors (Lipinski definition) is 3. The number of carbonyl (C=O) groups excluding carboxylic acids is 3. The van der Waals surface area contributed by atoms with E-state index in [4.69, 9.17) is 25.9 Å². The van der Waals surface area contributed by atoms with E-state index in [0.29, 0.717) is 11.3 Å². The van der Waals surface area contributed by atoms with Crippen LogP contribution in [0.2, 0.25) is 0 Å². The fourth-order valence-electron chi connectivity index (χ4n) is 3.97. The number of hydrogen-bond acceptors (Lipinski definition) is 20. The zero-order valence-corrected chi connectivity index (χ0v) is 34.2. The lowest BCUT2D eigenvalue weighted by molar-refractivity contribution is -0.754. The molecule has 1 aliphatic heterocycles. The Labute approximate surface area is 372 Å². The molecule has 334 valence electrons. The van der Waals surface area contributed by atoms with Crippen LogP contribution in [0.25, 0.3) is 0 Å². The summed E-state index contributed by atoms with van der Waals surface area (Å²) < 4.78 is 20.3. The predicted molar refractivity (Wildman–Crippen MR) is 232 cm³/mol. The van der Waals surface area contributed by atoms with Crippen LogP contribution in [0, 0.1) is 131 Å². The fourth-order valence-corrected chi connectivity index (χ4v) is 4.82. The number of rotatable bonds is 16. The minimum absolute atomic E-state index is 0. The van der Waals surface area contributed by atoms with Gasteiger partial charge in [-0.1, -0.05) is 29.7 Å². The van der Waals surface area contributed by atoms with E-state index in [2.05, 4.69) is 182 Å². The molecule has 0 saturated carbocycles. The zero-order valence-electron chi connectivity index (χ0n) is 32.5. The molecule has 0 aliphatic carbocycles. The number of terminal acetylenes is 1. The maximum Gasteiger partial charge on any atom is 0.303 e. The van der Waals surface area contributed by atoms with Gasteiger partial charge in [-0.3, -0.25) is 14.4 Å². The van der Waals surface area contributed by atoms with Gasteiger partial charge in [0.15, 0.2) is 5.78 Å². The van der Waals surface area contributed by atoms with E-state index in [0.717, 1.165) is 11.4 Å². The lowest BCUT2D eigenvalue weighted by Gasteiger charge is -2.44. The lowest BCUT2D eigenvalue weighted by atomic mass is 9.80. The van der Waals surface area contributed by atoms with E-state index in [-0.39, 0.29) is 52.0 Å². The molecule has 1 aromatic rings. The predicted octanol–water partition coefficient (Wildman–Crippen LogP) is 5.47. The van der Waals surface area contributed by atoms with Crippen LogP contribution in [-0.2, 0) is 74.8 Å². The van der Waals surface area contributed by atoms with Crippen LogP contribution in [0.5, 0.6) is 0 Å². The first-order valence-electron chi connectivity index (χ1n) is 16.3. The van der Waals surface area contributed by atoms with Gasteiger partial charge in [0.1, 0.15) is 18.8 Å². The number of aryl methyl sites for hydroxylation is 1. The smallest absolute Gasteiger partial charge is 0.303 e. The van der Waals surface area contributed by atoms with E-state index in [1.54, 1.807) is 13.1 Å². The summed E-state index contributed by atoms with van der Waals surface area (Å²) in [5.74, 6) is 46.3. The molecule has 1 aromatic heterocycles. The van der Waals surface area contributed by atoms with Crippen LogP contribution in [0.4, 0.5) is 0 Å². The Hall–Kier alpha value is -6.29. The molecule has 5 atom stereocenters. The summed E-state index contributed by atoms with van der Waals surface area (Å²) in [7, 11) is 0. The van der Waals surface area contributed by atoms with Crippen molar-refractivity contribution in [1.29, 1.82) is 0 Å². The highest BCUT2D eigenvalue weighted by atomic mass is 32.1. The molecule has 2 N–H and O–H groups in total. The van der Waals surface area contributed by atoms with Gasteiger partial charge in [-0.2, -0.15) is 0 Å². The molecule has 0 unspecified atom stereocenters. The Balaban J connectivity index is -0.0000000721. The number of nitrogens with zero attached hydrogens (tertiary/aromatic N) is 1. The first-order chi connectivity index (χ1) is 29.0. The highest BCUT2D eigenvalue weighted by Gasteiger charge is 2.43. The third-order valence-electron chi connectivity index (χ3n) is 6.42. The van der Waals surface area contributed by atoms with Crippen molar-refractivity contribution in [3.05, 3.63) is 16.1 Å². The van der Waals surface area contributed by atoms with Gasteiger partial charge in [0, 0.05) is 79.8 Å². The number of nitrogens with one attached hydrogen (secondary N) is 1. The Morgan fingerprint density at radius 1 is 0.800 bits per heavy atom. The molecule has 2 rings (SSSR count). The SMILES string of the molecule is C#CC#CC#CC#CC#CC#CC#CC#CC#CC#CC.CC(=O)OC[C@H]1O[C@H](CCc2ncc(C(C)=O)s2)[C@@H](C)[C@@H](C)[C@@H]1OC(C)=O.OOOOONOOOOOS.[HH].[HH].[HH].[HH].[HH].[HH].[HH].[HH].[HH].[HH].[HH]. The molecular weight excluding hydrogens is 829 g/mol. The van der Waals surface area contributed by atoms with Crippen molar-refractivity contribution in [2.45, 2.75) is 72.7 Å². The molecule has 60 heavy (non-hydrogen) atoms. The summed E-state index contributed by atoms with van der Waals surface area (Å²) in [4.78, 5) is 46.4. The largest absolute Gasteiger partial charge is 0.463 e. The van der Waals surface area contributed by atoms with E-state index >= 15 is 0 Å². The van der Waals surface area contributed by atoms with Crippen LogP contribution < -0.4 is 5.64 Å². The Morgan fingerprint density at radius 3 is 1.78 bits per heavy atom. The van der Waals surface area contributed by atoms with E-state index in [1.807, 2.05) is 6.92 Å². The molecule has 20 heteroatoms. The quantitative estimate of drug-likeness (QED) is 0.0275. The molecule has 0 bridgehead atoms. The van der Waals surface area contributed by atoms with Crippen LogP contribution in [0.3, 0.4) is 0 Å². The summed E-state index contributed by atoms with van der Waals surface area (Å²) >= 11 is 4.47. The molecule has 0 amide bonds. The number of thiazole rings is 1. The van der Waals surface area contributed by atoms with Crippen molar-refractivity contribution in [2.75, 3.05) is 6.61 Å². The van der Waals surface area contributed by atoms with E-state index < -0.39 is 18.2 Å². The zero-order chi connectivity index (χ0) is 44.6. The number of carbonyl (C=O) groups is 3. The summed E-state index contributed by atoms with van der Waals surface area (Å²) in [5.41, 5.74) is 1.43. The van der Waals surface area contributed by atoms with Gasteiger partial charge in [-0.25, -0.2) is 10.2 Å². The molecular formula is C40H56N2O16S2. The first-order valence-corrected chi connectivity index (χ1v) is 17.5. The number of aromatic nitrogens is 1. The summed E-state index contributed by atoms with van der Waals surface area (Å²) in [5, 5.41) is 28.7. The molecule has 1 aliphatic rings. The Morgan fingerprint density at radius 2 is 1.33 bits per heavy atom. The van der Waals surface area contributed by atoms with Crippen molar-refractivity contribution in [2.24, 2.45) is 11.8 Å². The molecule has 1 saturated heterocycles. The Kier molecular flexibility index (Phi) is 33.1. The molecule has 18 nitrogen and oxygen atoms in total. The first kappa shape index (κ1) is 53.7. The highest BCUT2D eigenvalue weighted by Crippen LogP contribution is 2.35. The summed E-state index contributed by atoms with van der Waals surface area (Å²) in [6.45, 7) is 10.1. The van der Waals surface area contributed by atoms with Crippen LogP contribution in [0.15, 0.2) is 6.20 Å². The third kappa shape index (κ3) is 29.0. The van der Waals surface area contributed by atoms with Gasteiger partial charge in [-0.05, 0) is 150 Å². The third-order valence-corrected chi connectivity index (χ3v) is 7.64.